The van der Waals surface area contributed by atoms with Gasteiger partial charge in [-0.25, -0.2) is 0 Å². The van der Waals surface area contributed by atoms with E-state index in [1.807, 2.05) is 18.2 Å². The molecule has 6 rings (SSSR count). The average molecular weight is 481 g/mol. The number of benzene rings is 3. The number of nitrogens with one attached hydrogen (secondary N) is 1. The Morgan fingerprint density at radius 3 is 2.58 bits per heavy atom. The van der Waals surface area contributed by atoms with E-state index in [0.29, 0.717) is 33.3 Å². The number of H-pyrrole nitrogens is 1. The van der Waals surface area contributed by atoms with Crippen LogP contribution >= 0.6 is 0 Å². The van der Waals surface area contributed by atoms with Crippen LogP contribution in [0, 0.1) is 0 Å². The molecule has 5 aromatic rings. The van der Waals surface area contributed by atoms with E-state index >= 15 is 0 Å². The number of ether oxygens (including phenoxy) is 2. The van der Waals surface area contributed by atoms with Gasteiger partial charge in [0.15, 0.2) is 5.43 Å². The number of phenols is 1. The van der Waals surface area contributed by atoms with Gasteiger partial charge in [-0.3, -0.25) is 14.4 Å². The third-order valence-electron chi connectivity index (χ3n) is 6.44. The van der Waals surface area contributed by atoms with Gasteiger partial charge >= 0.3 is 5.97 Å². The molecule has 1 atom stereocenters. The van der Waals surface area contributed by atoms with Crippen molar-refractivity contribution in [2.75, 3.05) is 7.11 Å². The van der Waals surface area contributed by atoms with E-state index in [0.717, 1.165) is 0 Å². The summed E-state index contributed by atoms with van der Waals surface area (Å²) >= 11 is 0. The Labute approximate surface area is 203 Å². The second-order valence-corrected chi connectivity index (χ2v) is 8.59. The minimum absolute atomic E-state index is 0.0414. The topological polar surface area (TPSA) is 119 Å². The molecule has 2 aromatic heterocycles. The minimum atomic E-state index is -0.780. The predicted molar refractivity (Wildman–Crippen MR) is 133 cm³/mol. The van der Waals surface area contributed by atoms with Gasteiger partial charge in [-0.1, -0.05) is 30.3 Å². The molecule has 0 unspecified atom stereocenters. The number of aromatic nitrogens is 1. The summed E-state index contributed by atoms with van der Waals surface area (Å²) in [6.45, 7) is 0. The highest BCUT2D eigenvalue weighted by Crippen LogP contribution is 2.45. The van der Waals surface area contributed by atoms with Crippen molar-refractivity contribution in [1.29, 1.82) is 0 Å². The fourth-order valence-electron chi connectivity index (χ4n) is 4.76. The molecule has 0 bridgehead atoms. The maximum absolute atomic E-state index is 13.2. The van der Waals surface area contributed by atoms with Crippen molar-refractivity contribution in [2.24, 2.45) is 0 Å². The Morgan fingerprint density at radius 2 is 1.81 bits per heavy atom. The SMILES string of the molecule is COc1ccc2[nH]c(=O)c([C@H]3CC(=O)Oc4cc(O)c5c(=O)cc(-c6ccccc6)oc5c43)cc2c1. The summed E-state index contributed by atoms with van der Waals surface area (Å²) in [6.07, 6.45) is -0.148. The summed E-state index contributed by atoms with van der Waals surface area (Å²) in [5.41, 5.74) is 1.15. The number of phenolic OH excluding ortho intramolecular Hbond substituents is 1. The van der Waals surface area contributed by atoms with E-state index in [1.165, 1.54) is 12.1 Å². The van der Waals surface area contributed by atoms with Gasteiger partial charge in [0.2, 0.25) is 0 Å². The molecule has 3 aromatic carbocycles. The van der Waals surface area contributed by atoms with Crippen LogP contribution in [0.4, 0.5) is 0 Å². The van der Waals surface area contributed by atoms with Gasteiger partial charge in [0, 0.05) is 45.6 Å². The number of carbonyl (C=O) groups excluding carboxylic acids is 1. The first-order valence-corrected chi connectivity index (χ1v) is 11.2. The zero-order valence-electron chi connectivity index (χ0n) is 19.0. The lowest BCUT2D eigenvalue weighted by Crippen LogP contribution is -2.26. The minimum Gasteiger partial charge on any atom is -0.507 e. The first-order chi connectivity index (χ1) is 17.4. The van der Waals surface area contributed by atoms with Crippen molar-refractivity contribution in [3.63, 3.8) is 0 Å². The van der Waals surface area contributed by atoms with Crippen LogP contribution in [0.3, 0.4) is 0 Å². The smallest absolute Gasteiger partial charge is 0.312 e. The van der Waals surface area contributed by atoms with Crippen molar-refractivity contribution in [3.05, 3.63) is 98.4 Å². The molecule has 178 valence electrons. The predicted octanol–water partition coefficient (Wildman–Crippen LogP) is 4.46. The number of aromatic hydroxyl groups is 1. The summed E-state index contributed by atoms with van der Waals surface area (Å²) in [6, 6.07) is 18.5. The quantitative estimate of drug-likeness (QED) is 0.289. The molecule has 0 radical (unpaired) electrons. The lowest BCUT2D eigenvalue weighted by Gasteiger charge is -2.25. The number of carbonyl (C=O) groups is 1. The largest absolute Gasteiger partial charge is 0.507 e. The van der Waals surface area contributed by atoms with E-state index in [1.54, 1.807) is 43.5 Å². The molecule has 0 spiro atoms. The molecule has 0 saturated carbocycles. The van der Waals surface area contributed by atoms with Crippen molar-refractivity contribution < 1.29 is 23.8 Å². The summed E-state index contributed by atoms with van der Waals surface area (Å²) in [5, 5.41) is 11.3. The van der Waals surface area contributed by atoms with Gasteiger partial charge in [0.05, 0.1) is 13.5 Å². The molecule has 2 N–H and O–H groups in total. The molecular formula is C28H19NO7. The van der Waals surface area contributed by atoms with Crippen LogP contribution in [0.1, 0.15) is 23.5 Å². The maximum atomic E-state index is 13.2. The first kappa shape index (κ1) is 21.7. The summed E-state index contributed by atoms with van der Waals surface area (Å²) in [4.78, 5) is 41.7. The Hall–Kier alpha value is -4.85. The highest BCUT2D eigenvalue weighted by Gasteiger charge is 2.35. The number of methoxy groups -OCH3 is 1. The van der Waals surface area contributed by atoms with Crippen LogP contribution in [0.5, 0.6) is 17.2 Å². The zero-order chi connectivity index (χ0) is 25.0. The number of hydrogen-bond acceptors (Lipinski definition) is 7. The van der Waals surface area contributed by atoms with Gasteiger partial charge in [0.1, 0.15) is 34.0 Å². The normalized spacial score (nSPS) is 15.0. The number of esters is 1. The lowest BCUT2D eigenvalue weighted by atomic mass is 9.85. The first-order valence-electron chi connectivity index (χ1n) is 11.2. The molecule has 0 aliphatic carbocycles. The van der Waals surface area contributed by atoms with Crippen LogP contribution in [0.15, 0.2) is 80.7 Å². The average Bonchev–Trinajstić information content (AvgIpc) is 2.87. The van der Waals surface area contributed by atoms with Gasteiger partial charge in [0.25, 0.3) is 5.56 Å². The maximum Gasteiger partial charge on any atom is 0.312 e. The molecule has 8 heteroatoms. The van der Waals surface area contributed by atoms with Crippen molar-refractivity contribution in [3.8, 4) is 28.6 Å². The third kappa shape index (κ3) is 3.42. The third-order valence-corrected chi connectivity index (χ3v) is 6.44. The van der Waals surface area contributed by atoms with Crippen LogP contribution in [-0.2, 0) is 4.79 Å². The van der Waals surface area contributed by atoms with E-state index in [4.69, 9.17) is 13.9 Å². The number of pyridine rings is 1. The standard InChI is InChI=1S/C28H19NO7/c1-34-16-7-8-19-15(9-16)10-18(28(33)29-19)17-11-24(32)35-23-13-21(31)26-20(30)12-22(36-27(26)25(17)23)14-5-3-2-4-6-14/h2-10,12-13,17,31H,11H2,1H3,(H,29,33)/t17-/m1/s1. The summed E-state index contributed by atoms with van der Waals surface area (Å²) in [7, 11) is 1.55. The summed E-state index contributed by atoms with van der Waals surface area (Å²) in [5.74, 6) is -0.787. The molecule has 36 heavy (non-hydrogen) atoms. The monoisotopic (exact) mass is 481 g/mol. The van der Waals surface area contributed by atoms with Crippen molar-refractivity contribution in [1.82, 2.24) is 4.98 Å². The van der Waals surface area contributed by atoms with Gasteiger partial charge < -0.3 is 24.0 Å². The highest BCUT2D eigenvalue weighted by molar-refractivity contribution is 5.93. The summed E-state index contributed by atoms with van der Waals surface area (Å²) < 4.78 is 16.9. The fraction of sp³-hybridized carbons (Fsp3) is 0.107. The van der Waals surface area contributed by atoms with Crippen LogP contribution < -0.4 is 20.5 Å². The number of hydrogen-bond donors (Lipinski definition) is 2. The molecule has 0 amide bonds. The number of fused-ring (bicyclic) bond motifs is 4. The number of rotatable bonds is 3. The molecule has 0 fully saturated rings. The van der Waals surface area contributed by atoms with Crippen LogP contribution in [-0.4, -0.2) is 23.2 Å². The molecule has 3 heterocycles. The Morgan fingerprint density at radius 1 is 1.00 bits per heavy atom. The second kappa shape index (κ2) is 8.13. The van der Waals surface area contributed by atoms with Crippen molar-refractivity contribution >= 4 is 27.8 Å². The van der Waals surface area contributed by atoms with Gasteiger partial charge in [-0.2, -0.15) is 0 Å². The Balaban J connectivity index is 1.66. The van der Waals surface area contributed by atoms with Gasteiger partial charge in [-0.05, 0) is 24.3 Å². The Kier molecular flexibility index (Phi) is 4.89. The fourth-order valence-corrected chi connectivity index (χ4v) is 4.76. The van der Waals surface area contributed by atoms with E-state index in [-0.39, 0.29) is 40.2 Å². The van der Waals surface area contributed by atoms with Gasteiger partial charge in [-0.15, -0.1) is 0 Å². The van der Waals surface area contributed by atoms with Crippen LogP contribution in [0.2, 0.25) is 0 Å². The lowest BCUT2D eigenvalue weighted by molar-refractivity contribution is -0.135. The van der Waals surface area contributed by atoms with E-state index in [2.05, 4.69) is 4.98 Å². The molecule has 1 aliphatic rings. The number of aromatic amines is 1. The molecule has 1 aliphatic heterocycles. The van der Waals surface area contributed by atoms with E-state index in [9.17, 15) is 19.5 Å². The zero-order valence-corrected chi connectivity index (χ0v) is 19.0. The molecule has 8 nitrogen and oxygen atoms in total. The van der Waals surface area contributed by atoms with E-state index < -0.39 is 17.3 Å². The molecular weight excluding hydrogens is 462 g/mol. The Bertz CT molecular complexity index is 1800. The molecule has 0 saturated heterocycles. The highest BCUT2D eigenvalue weighted by atomic mass is 16.5. The second-order valence-electron chi connectivity index (χ2n) is 8.59. The van der Waals surface area contributed by atoms with Crippen LogP contribution in [0.25, 0.3) is 33.2 Å². The van der Waals surface area contributed by atoms with Crippen molar-refractivity contribution in [2.45, 2.75) is 12.3 Å².